The first kappa shape index (κ1) is 23.6. The highest BCUT2D eigenvalue weighted by atomic mass is 32.1. The molecule has 3 heterocycles. The zero-order valence-electron chi connectivity index (χ0n) is 20.3. The van der Waals surface area contributed by atoms with Crippen molar-refractivity contribution in [2.75, 3.05) is 20.2 Å². The maximum Gasteiger partial charge on any atom is 0.202 e. The van der Waals surface area contributed by atoms with Crippen LogP contribution in [0.4, 0.5) is 0 Å². The van der Waals surface area contributed by atoms with E-state index in [1.54, 1.807) is 13.2 Å². The molecule has 5 rings (SSSR count). The van der Waals surface area contributed by atoms with Gasteiger partial charge in [-0.3, -0.25) is 9.69 Å². The van der Waals surface area contributed by atoms with E-state index in [1.165, 1.54) is 24.0 Å². The first-order valence-corrected chi connectivity index (χ1v) is 13.0. The zero-order valence-corrected chi connectivity index (χ0v) is 21.2. The van der Waals surface area contributed by atoms with Crippen LogP contribution in [0.3, 0.4) is 0 Å². The molecule has 1 aliphatic heterocycles. The minimum absolute atomic E-state index is 0.122. The Balaban J connectivity index is 1.77. The molecule has 0 radical (unpaired) electrons. The molecule has 0 unspecified atom stereocenters. The smallest absolute Gasteiger partial charge is 0.202 e. The van der Waals surface area contributed by atoms with Crippen LogP contribution in [0.1, 0.15) is 54.6 Å². The summed E-state index contributed by atoms with van der Waals surface area (Å²) in [6.45, 7) is 5.72. The summed E-state index contributed by atoms with van der Waals surface area (Å²) in [5.74, 6) is 0.977. The van der Waals surface area contributed by atoms with Crippen molar-refractivity contribution in [2.45, 2.75) is 45.6 Å². The van der Waals surface area contributed by atoms with E-state index in [0.717, 1.165) is 48.5 Å². The zero-order chi connectivity index (χ0) is 24.5. The van der Waals surface area contributed by atoms with Crippen LogP contribution in [0.15, 0.2) is 51.2 Å². The number of aromatic nitrogens is 1. The van der Waals surface area contributed by atoms with E-state index in [0.29, 0.717) is 33.5 Å². The summed E-state index contributed by atoms with van der Waals surface area (Å²) in [7, 11) is 1.65. The van der Waals surface area contributed by atoms with Gasteiger partial charge in [0.25, 0.3) is 0 Å². The van der Waals surface area contributed by atoms with E-state index in [2.05, 4.69) is 9.88 Å². The monoisotopic (exact) mass is 490 g/mol. The molecule has 0 amide bonds. The molecule has 0 bridgehead atoms. The quantitative estimate of drug-likeness (QED) is 0.353. The van der Waals surface area contributed by atoms with Crippen LogP contribution in [-0.2, 0) is 6.42 Å². The van der Waals surface area contributed by atoms with E-state index in [9.17, 15) is 9.90 Å². The lowest BCUT2D eigenvalue weighted by Crippen LogP contribution is -2.34. The molecule has 1 saturated heterocycles. The number of thiazole rings is 1. The van der Waals surface area contributed by atoms with Crippen molar-refractivity contribution in [1.29, 1.82) is 0 Å². The Kier molecular flexibility index (Phi) is 6.62. The van der Waals surface area contributed by atoms with E-state index in [4.69, 9.17) is 9.15 Å². The molecule has 4 aromatic rings. The molecule has 6 nitrogen and oxygen atoms in total. The molecule has 0 spiro atoms. The molecular weight excluding hydrogens is 460 g/mol. The fraction of sp³-hybridized carbons (Fsp3) is 0.357. The lowest BCUT2D eigenvalue weighted by atomic mass is 9.90. The number of hydrogen-bond acceptors (Lipinski definition) is 7. The van der Waals surface area contributed by atoms with Crippen molar-refractivity contribution in [3.8, 4) is 22.1 Å². The Morgan fingerprint density at radius 2 is 1.94 bits per heavy atom. The van der Waals surface area contributed by atoms with E-state index >= 15 is 0 Å². The fourth-order valence-corrected chi connectivity index (χ4v) is 5.82. The van der Waals surface area contributed by atoms with Crippen molar-refractivity contribution in [3.05, 3.63) is 74.6 Å². The first-order valence-electron chi connectivity index (χ1n) is 12.1. The normalized spacial score (nSPS) is 15.4. The topological polar surface area (TPSA) is 75.8 Å². The molecule has 2 aromatic heterocycles. The molecule has 1 fully saturated rings. The SMILES string of the molecule is CCc1cc2c(=O)c(-c3nc(C)cs3)coc2c([C@H](c2ccc(OC)cc2)N2CCCCC2)c1O. The minimum Gasteiger partial charge on any atom is -0.507 e. The van der Waals surface area contributed by atoms with Gasteiger partial charge in [-0.1, -0.05) is 25.5 Å². The Labute approximate surface area is 208 Å². The summed E-state index contributed by atoms with van der Waals surface area (Å²) < 4.78 is 11.6. The third kappa shape index (κ3) is 4.34. The molecule has 35 heavy (non-hydrogen) atoms. The maximum atomic E-state index is 13.7. The minimum atomic E-state index is -0.244. The number of aryl methyl sites for hydroxylation is 2. The fourth-order valence-electron chi connectivity index (χ4n) is 5.02. The number of benzene rings is 2. The van der Waals surface area contributed by atoms with Gasteiger partial charge in [0.2, 0.25) is 5.43 Å². The van der Waals surface area contributed by atoms with Gasteiger partial charge in [-0.05, 0) is 68.6 Å². The lowest BCUT2D eigenvalue weighted by Gasteiger charge is -2.36. The molecule has 182 valence electrons. The Hall–Kier alpha value is -3.16. The van der Waals surface area contributed by atoms with Gasteiger partial charge in [-0.25, -0.2) is 4.98 Å². The summed E-state index contributed by atoms with van der Waals surface area (Å²) in [6.07, 6.45) is 5.48. The third-order valence-electron chi connectivity index (χ3n) is 6.84. The van der Waals surface area contributed by atoms with Gasteiger partial charge < -0.3 is 14.3 Å². The highest BCUT2D eigenvalue weighted by Crippen LogP contribution is 2.42. The Morgan fingerprint density at radius 1 is 1.20 bits per heavy atom. The summed E-state index contributed by atoms with van der Waals surface area (Å²) in [5.41, 5.74) is 4.06. The van der Waals surface area contributed by atoms with Crippen molar-refractivity contribution >= 4 is 22.3 Å². The van der Waals surface area contributed by atoms with Crippen molar-refractivity contribution in [3.63, 3.8) is 0 Å². The first-order chi connectivity index (χ1) is 17.0. The molecule has 0 aliphatic carbocycles. The number of fused-ring (bicyclic) bond motifs is 1. The van der Waals surface area contributed by atoms with Crippen LogP contribution in [0, 0.1) is 6.92 Å². The van der Waals surface area contributed by atoms with Gasteiger partial charge in [0.1, 0.15) is 28.4 Å². The number of piperidine rings is 1. The van der Waals surface area contributed by atoms with Gasteiger partial charge >= 0.3 is 0 Å². The largest absolute Gasteiger partial charge is 0.507 e. The second-order valence-corrected chi connectivity index (χ2v) is 9.93. The summed E-state index contributed by atoms with van der Waals surface area (Å²) in [5, 5.41) is 14.6. The molecule has 2 aromatic carbocycles. The number of hydrogen-bond donors (Lipinski definition) is 1. The van der Waals surface area contributed by atoms with Crippen LogP contribution in [-0.4, -0.2) is 35.2 Å². The summed E-state index contributed by atoms with van der Waals surface area (Å²) in [6, 6.07) is 9.49. The van der Waals surface area contributed by atoms with E-state index < -0.39 is 0 Å². The van der Waals surface area contributed by atoms with E-state index in [1.807, 2.05) is 43.5 Å². The molecule has 1 N–H and O–H groups in total. The van der Waals surface area contributed by atoms with Gasteiger partial charge in [-0.15, -0.1) is 11.3 Å². The average Bonchev–Trinajstić information content (AvgIpc) is 3.32. The second-order valence-electron chi connectivity index (χ2n) is 9.07. The summed E-state index contributed by atoms with van der Waals surface area (Å²) in [4.78, 5) is 20.6. The number of nitrogens with zero attached hydrogens (tertiary/aromatic N) is 2. The third-order valence-corrected chi connectivity index (χ3v) is 7.84. The standard InChI is InChI=1S/C28H30N2O4S/c1-4-18-14-21-26(32)22(28-29-17(2)16-35-28)15-34-27(21)23(25(18)31)24(30-12-6-5-7-13-30)19-8-10-20(33-3)11-9-19/h8-11,14-16,24,31H,4-7,12-13H2,1-3H3/t24-/m0/s1. The van der Waals surface area contributed by atoms with Gasteiger partial charge in [0.15, 0.2) is 0 Å². The highest BCUT2D eigenvalue weighted by Gasteiger charge is 2.31. The van der Waals surface area contributed by atoms with Gasteiger partial charge in [0, 0.05) is 11.1 Å². The molecule has 0 saturated carbocycles. The number of phenols is 1. The average molecular weight is 491 g/mol. The maximum absolute atomic E-state index is 13.7. The number of likely N-dealkylation sites (tertiary alicyclic amines) is 1. The van der Waals surface area contributed by atoms with Gasteiger partial charge in [0.05, 0.1) is 29.7 Å². The number of ether oxygens (including phenoxy) is 1. The van der Waals surface area contributed by atoms with Crippen LogP contribution < -0.4 is 10.2 Å². The van der Waals surface area contributed by atoms with Crippen LogP contribution in [0.5, 0.6) is 11.5 Å². The molecular formula is C28H30N2O4S. The Morgan fingerprint density at radius 3 is 2.57 bits per heavy atom. The van der Waals surface area contributed by atoms with E-state index in [-0.39, 0.29) is 17.2 Å². The van der Waals surface area contributed by atoms with Crippen molar-refractivity contribution in [2.24, 2.45) is 0 Å². The Bertz CT molecular complexity index is 1400. The lowest BCUT2D eigenvalue weighted by molar-refractivity contribution is 0.185. The van der Waals surface area contributed by atoms with Crippen LogP contribution in [0.2, 0.25) is 0 Å². The predicted octanol–water partition coefficient (Wildman–Crippen LogP) is 6.08. The van der Waals surface area contributed by atoms with Crippen molar-refractivity contribution < 1.29 is 14.3 Å². The van der Waals surface area contributed by atoms with Crippen LogP contribution >= 0.6 is 11.3 Å². The highest BCUT2D eigenvalue weighted by molar-refractivity contribution is 7.13. The second kappa shape index (κ2) is 9.84. The number of phenolic OH excluding ortho intramolecular Hbond substituents is 1. The predicted molar refractivity (Wildman–Crippen MR) is 140 cm³/mol. The molecule has 1 aliphatic rings. The number of aromatic hydroxyl groups is 1. The molecule has 1 atom stereocenters. The van der Waals surface area contributed by atoms with Crippen molar-refractivity contribution in [1.82, 2.24) is 9.88 Å². The number of methoxy groups -OCH3 is 1. The summed E-state index contributed by atoms with van der Waals surface area (Å²) >= 11 is 1.43. The number of rotatable bonds is 6. The van der Waals surface area contributed by atoms with Crippen LogP contribution in [0.25, 0.3) is 21.5 Å². The molecule has 7 heteroatoms. The van der Waals surface area contributed by atoms with Gasteiger partial charge in [-0.2, -0.15) is 0 Å².